The van der Waals surface area contributed by atoms with Crippen LogP contribution in [0.15, 0.2) is 30.9 Å². The van der Waals surface area contributed by atoms with Gasteiger partial charge >= 0.3 is 0 Å². The van der Waals surface area contributed by atoms with Crippen molar-refractivity contribution in [2.75, 3.05) is 5.32 Å². The standard InChI is InChI=1S/C17H23N5/c1-2-8-17(9-3-4-10-17)14(5-1)19-15-6-7-16(21-20-15)22-12-11-18-13-22/h6-7,11-14H,1-5,8-10H2,(H,19,20). The fourth-order valence-electron chi connectivity index (χ4n) is 4.32. The Morgan fingerprint density at radius 1 is 1.05 bits per heavy atom. The molecule has 0 amide bonds. The van der Waals surface area contributed by atoms with Gasteiger partial charge < -0.3 is 5.32 Å². The van der Waals surface area contributed by atoms with Gasteiger partial charge in [0.25, 0.3) is 0 Å². The Labute approximate surface area is 131 Å². The van der Waals surface area contributed by atoms with Gasteiger partial charge in [0.1, 0.15) is 12.1 Å². The largest absolute Gasteiger partial charge is 0.365 e. The normalized spacial score (nSPS) is 23.7. The van der Waals surface area contributed by atoms with Crippen molar-refractivity contribution in [2.24, 2.45) is 5.41 Å². The van der Waals surface area contributed by atoms with E-state index in [9.17, 15) is 0 Å². The molecule has 2 heterocycles. The lowest BCUT2D eigenvalue weighted by molar-refractivity contribution is 0.172. The molecule has 4 rings (SSSR count). The zero-order chi connectivity index (χ0) is 14.8. The Balaban J connectivity index is 1.50. The van der Waals surface area contributed by atoms with Crippen LogP contribution in [0.4, 0.5) is 5.82 Å². The van der Waals surface area contributed by atoms with E-state index in [-0.39, 0.29) is 0 Å². The minimum absolute atomic E-state index is 0.517. The first kappa shape index (κ1) is 13.7. The van der Waals surface area contributed by atoms with Gasteiger partial charge in [-0.05, 0) is 43.2 Å². The number of imidazole rings is 1. The SMILES string of the molecule is c1cn(-c2ccc(NC3CCCCC34CCCC4)nn2)cn1. The van der Waals surface area contributed by atoms with Crippen LogP contribution in [0.1, 0.15) is 51.4 Å². The number of hydrogen-bond acceptors (Lipinski definition) is 4. The number of hydrogen-bond donors (Lipinski definition) is 1. The van der Waals surface area contributed by atoms with Gasteiger partial charge in [0.05, 0.1) is 0 Å². The third-order valence-corrected chi connectivity index (χ3v) is 5.50. The molecule has 5 nitrogen and oxygen atoms in total. The first-order valence-corrected chi connectivity index (χ1v) is 8.44. The smallest absolute Gasteiger partial charge is 0.160 e. The van der Waals surface area contributed by atoms with Crippen LogP contribution in [0.2, 0.25) is 0 Å². The molecule has 2 fully saturated rings. The fourth-order valence-corrected chi connectivity index (χ4v) is 4.32. The van der Waals surface area contributed by atoms with Gasteiger partial charge in [-0.3, -0.25) is 4.57 Å². The van der Waals surface area contributed by atoms with Gasteiger partial charge in [0.15, 0.2) is 5.82 Å². The van der Waals surface area contributed by atoms with Gasteiger partial charge in [-0.15, -0.1) is 10.2 Å². The lowest BCUT2D eigenvalue weighted by atomic mass is 9.69. The summed E-state index contributed by atoms with van der Waals surface area (Å²) < 4.78 is 1.87. The molecule has 1 atom stereocenters. The summed E-state index contributed by atoms with van der Waals surface area (Å²) in [6.07, 6.45) is 16.3. The van der Waals surface area contributed by atoms with Crippen LogP contribution in [0, 0.1) is 5.41 Å². The Morgan fingerprint density at radius 2 is 1.86 bits per heavy atom. The lowest BCUT2D eigenvalue weighted by Gasteiger charge is -2.42. The second-order valence-electron chi connectivity index (χ2n) is 6.76. The number of rotatable bonds is 3. The molecule has 0 aliphatic heterocycles. The van der Waals surface area contributed by atoms with Crippen molar-refractivity contribution >= 4 is 5.82 Å². The van der Waals surface area contributed by atoms with Crippen molar-refractivity contribution in [3.8, 4) is 5.82 Å². The third kappa shape index (κ3) is 2.49. The van der Waals surface area contributed by atoms with Crippen LogP contribution in [-0.4, -0.2) is 25.8 Å². The molecular formula is C17H23N5. The Kier molecular flexibility index (Phi) is 3.56. The monoisotopic (exact) mass is 297 g/mol. The summed E-state index contributed by atoms with van der Waals surface area (Å²) in [7, 11) is 0. The lowest BCUT2D eigenvalue weighted by Crippen LogP contribution is -2.41. The predicted molar refractivity (Wildman–Crippen MR) is 85.9 cm³/mol. The molecule has 2 saturated carbocycles. The molecule has 0 radical (unpaired) electrons. The predicted octanol–water partition coefficient (Wildman–Crippen LogP) is 3.58. The van der Waals surface area contributed by atoms with Gasteiger partial charge in [-0.25, -0.2) is 4.98 Å². The number of nitrogens with one attached hydrogen (secondary N) is 1. The van der Waals surface area contributed by atoms with Gasteiger partial charge in [-0.2, -0.15) is 0 Å². The van der Waals surface area contributed by atoms with Crippen LogP contribution < -0.4 is 5.32 Å². The molecule has 1 unspecified atom stereocenters. The van der Waals surface area contributed by atoms with E-state index in [1.54, 1.807) is 12.5 Å². The van der Waals surface area contributed by atoms with E-state index in [1.165, 1.54) is 51.4 Å². The molecule has 2 aliphatic rings. The average Bonchev–Trinajstić information content (AvgIpc) is 3.23. The van der Waals surface area contributed by atoms with Crippen molar-refractivity contribution in [2.45, 2.75) is 57.4 Å². The molecular weight excluding hydrogens is 274 g/mol. The highest BCUT2D eigenvalue weighted by molar-refractivity contribution is 5.38. The van der Waals surface area contributed by atoms with Gasteiger partial charge in [0.2, 0.25) is 0 Å². The third-order valence-electron chi connectivity index (χ3n) is 5.50. The van der Waals surface area contributed by atoms with E-state index in [0.717, 1.165) is 11.6 Å². The molecule has 22 heavy (non-hydrogen) atoms. The maximum Gasteiger partial charge on any atom is 0.160 e. The molecule has 1 N–H and O–H groups in total. The second kappa shape index (κ2) is 5.71. The first-order chi connectivity index (χ1) is 10.9. The van der Waals surface area contributed by atoms with Crippen molar-refractivity contribution in [1.29, 1.82) is 0 Å². The van der Waals surface area contributed by atoms with Crippen molar-refractivity contribution in [3.05, 3.63) is 30.9 Å². The number of nitrogens with zero attached hydrogens (tertiary/aromatic N) is 4. The quantitative estimate of drug-likeness (QED) is 0.941. The summed E-state index contributed by atoms with van der Waals surface area (Å²) in [5.41, 5.74) is 0.517. The zero-order valence-corrected chi connectivity index (χ0v) is 12.9. The van der Waals surface area contributed by atoms with E-state index in [1.807, 2.05) is 22.9 Å². The van der Waals surface area contributed by atoms with E-state index in [2.05, 4.69) is 20.5 Å². The topological polar surface area (TPSA) is 55.6 Å². The van der Waals surface area contributed by atoms with Crippen LogP contribution in [-0.2, 0) is 0 Å². The molecule has 2 aliphatic carbocycles. The maximum atomic E-state index is 4.37. The summed E-state index contributed by atoms with van der Waals surface area (Å²) in [6.45, 7) is 0. The minimum Gasteiger partial charge on any atom is -0.365 e. The summed E-state index contributed by atoms with van der Waals surface area (Å²) in [6, 6.07) is 4.61. The van der Waals surface area contributed by atoms with Crippen LogP contribution in [0.5, 0.6) is 0 Å². The van der Waals surface area contributed by atoms with E-state index >= 15 is 0 Å². The van der Waals surface area contributed by atoms with Crippen LogP contribution in [0.3, 0.4) is 0 Å². The second-order valence-corrected chi connectivity index (χ2v) is 6.76. The van der Waals surface area contributed by atoms with Crippen LogP contribution >= 0.6 is 0 Å². The van der Waals surface area contributed by atoms with Gasteiger partial charge in [0, 0.05) is 18.4 Å². The first-order valence-electron chi connectivity index (χ1n) is 8.44. The van der Waals surface area contributed by atoms with Crippen molar-refractivity contribution < 1.29 is 0 Å². The highest BCUT2D eigenvalue weighted by Crippen LogP contribution is 2.49. The Morgan fingerprint density at radius 3 is 2.55 bits per heavy atom. The molecule has 116 valence electrons. The molecule has 1 spiro atoms. The zero-order valence-electron chi connectivity index (χ0n) is 12.9. The molecule has 2 aromatic rings. The molecule has 0 aromatic carbocycles. The van der Waals surface area contributed by atoms with Gasteiger partial charge in [-0.1, -0.05) is 25.7 Å². The highest BCUT2D eigenvalue weighted by atomic mass is 15.2. The van der Waals surface area contributed by atoms with Crippen LogP contribution in [0.25, 0.3) is 5.82 Å². The maximum absolute atomic E-state index is 4.37. The van der Waals surface area contributed by atoms with E-state index in [0.29, 0.717) is 11.5 Å². The number of aromatic nitrogens is 4. The van der Waals surface area contributed by atoms with Crippen molar-refractivity contribution in [3.63, 3.8) is 0 Å². The Hall–Kier alpha value is -1.91. The van der Waals surface area contributed by atoms with Crippen molar-refractivity contribution in [1.82, 2.24) is 19.7 Å². The molecule has 0 saturated heterocycles. The van der Waals surface area contributed by atoms with E-state index < -0.39 is 0 Å². The molecule has 5 heteroatoms. The summed E-state index contributed by atoms with van der Waals surface area (Å²) >= 11 is 0. The average molecular weight is 297 g/mol. The fraction of sp³-hybridized carbons (Fsp3) is 0.588. The summed E-state index contributed by atoms with van der Waals surface area (Å²) in [4.78, 5) is 4.04. The number of anilines is 1. The van der Waals surface area contributed by atoms with E-state index in [4.69, 9.17) is 0 Å². The molecule has 0 bridgehead atoms. The molecule has 2 aromatic heterocycles. The summed E-state index contributed by atoms with van der Waals surface area (Å²) in [5.74, 6) is 1.71. The minimum atomic E-state index is 0.517. The summed E-state index contributed by atoms with van der Waals surface area (Å²) in [5, 5.41) is 12.4. The Bertz CT molecular complexity index is 598. The highest BCUT2D eigenvalue weighted by Gasteiger charge is 2.42.